The van der Waals surface area contributed by atoms with Gasteiger partial charge in [-0.25, -0.2) is 4.79 Å². The smallest absolute Gasteiger partial charge is 0.328 e. The van der Waals surface area contributed by atoms with Crippen LogP contribution in [-0.2, 0) is 4.79 Å². The summed E-state index contributed by atoms with van der Waals surface area (Å²) in [6.07, 6.45) is 1.48. The van der Waals surface area contributed by atoms with Gasteiger partial charge >= 0.3 is 5.97 Å². The van der Waals surface area contributed by atoms with Gasteiger partial charge in [0.15, 0.2) is 5.69 Å². The molecule has 0 bridgehead atoms. The van der Waals surface area contributed by atoms with Crippen molar-refractivity contribution in [2.45, 2.75) is 26.8 Å². The van der Waals surface area contributed by atoms with Gasteiger partial charge in [0.1, 0.15) is 6.04 Å². The highest BCUT2D eigenvalue weighted by molar-refractivity contribution is 6.03. The summed E-state index contributed by atoms with van der Waals surface area (Å²) in [7, 11) is 0. The Bertz CT molecular complexity index is 691. The van der Waals surface area contributed by atoms with Crippen LogP contribution in [0.4, 0.5) is 5.69 Å². The predicted molar refractivity (Wildman–Crippen MR) is 78.4 cm³/mol. The van der Waals surface area contributed by atoms with Gasteiger partial charge in [-0.2, -0.15) is 5.10 Å². The zero-order valence-corrected chi connectivity index (χ0v) is 12.1. The third-order valence-electron chi connectivity index (χ3n) is 3.24. The van der Waals surface area contributed by atoms with E-state index in [4.69, 9.17) is 5.11 Å². The Hall–Kier alpha value is -2.63. The number of hydrogen-bond donors (Lipinski definition) is 2. The summed E-state index contributed by atoms with van der Waals surface area (Å²) in [6.45, 7) is 5.35. The third-order valence-corrected chi connectivity index (χ3v) is 3.24. The van der Waals surface area contributed by atoms with Gasteiger partial charge in [-0.15, -0.1) is 0 Å². The molecule has 0 saturated heterocycles. The normalized spacial score (nSPS) is 12.0. The van der Waals surface area contributed by atoms with Crippen molar-refractivity contribution in [1.82, 2.24) is 9.78 Å². The first-order chi connectivity index (χ1) is 9.88. The number of carbonyl (C=O) groups excluding carboxylic acids is 1. The largest absolute Gasteiger partial charge is 0.480 e. The van der Waals surface area contributed by atoms with E-state index in [1.807, 2.05) is 32.0 Å². The second-order valence-electron chi connectivity index (χ2n) is 4.97. The monoisotopic (exact) mass is 287 g/mol. The Morgan fingerprint density at radius 3 is 2.67 bits per heavy atom. The number of anilines is 1. The van der Waals surface area contributed by atoms with E-state index in [0.717, 1.165) is 16.8 Å². The topological polar surface area (TPSA) is 84.2 Å². The second-order valence-corrected chi connectivity index (χ2v) is 4.97. The van der Waals surface area contributed by atoms with Crippen LogP contribution in [0, 0.1) is 13.8 Å². The van der Waals surface area contributed by atoms with Crippen LogP contribution in [0.5, 0.6) is 0 Å². The maximum Gasteiger partial charge on any atom is 0.328 e. The van der Waals surface area contributed by atoms with E-state index < -0.39 is 12.0 Å². The fourth-order valence-electron chi connectivity index (χ4n) is 1.84. The molecule has 21 heavy (non-hydrogen) atoms. The number of amides is 1. The Morgan fingerprint density at radius 1 is 1.29 bits per heavy atom. The minimum atomic E-state index is -1.00. The molecule has 0 saturated carbocycles. The number of carbonyl (C=O) groups is 2. The van der Waals surface area contributed by atoms with Crippen molar-refractivity contribution in [2.24, 2.45) is 0 Å². The minimum absolute atomic E-state index is 0.184. The molecule has 6 heteroatoms. The highest BCUT2D eigenvalue weighted by Gasteiger charge is 2.17. The number of aliphatic carboxylic acids is 1. The van der Waals surface area contributed by atoms with Crippen molar-refractivity contribution in [2.75, 3.05) is 5.32 Å². The molecular weight excluding hydrogens is 270 g/mol. The van der Waals surface area contributed by atoms with E-state index in [2.05, 4.69) is 10.4 Å². The number of benzene rings is 1. The van der Waals surface area contributed by atoms with Crippen molar-refractivity contribution < 1.29 is 14.7 Å². The first-order valence-electron chi connectivity index (χ1n) is 6.55. The SMILES string of the molecule is Cc1ccc(C)c(NC(=O)c2ccn(C(C)C(=O)O)n2)c1. The van der Waals surface area contributed by atoms with Gasteiger partial charge in [-0.3, -0.25) is 9.48 Å². The Labute approximate surface area is 122 Å². The molecule has 1 atom stereocenters. The van der Waals surface area contributed by atoms with Crippen LogP contribution >= 0.6 is 0 Å². The lowest BCUT2D eigenvalue weighted by atomic mass is 10.1. The lowest BCUT2D eigenvalue weighted by Crippen LogP contribution is -2.18. The first kappa shape index (κ1) is 14.8. The summed E-state index contributed by atoms with van der Waals surface area (Å²) in [6, 6.07) is 6.46. The predicted octanol–water partition coefficient (Wildman–Crippen LogP) is 2.40. The summed E-state index contributed by atoms with van der Waals surface area (Å²) in [5.41, 5.74) is 2.90. The lowest BCUT2D eigenvalue weighted by molar-refractivity contribution is -0.140. The Balaban J connectivity index is 2.17. The molecule has 1 aromatic heterocycles. The Kier molecular flexibility index (Phi) is 4.07. The van der Waals surface area contributed by atoms with Crippen LogP contribution in [0.15, 0.2) is 30.5 Å². The van der Waals surface area contributed by atoms with Crippen molar-refractivity contribution in [3.05, 3.63) is 47.3 Å². The molecule has 2 aromatic rings. The average molecular weight is 287 g/mol. The number of nitrogens with one attached hydrogen (secondary N) is 1. The molecule has 0 fully saturated rings. The third kappa shape index (κ3) is 3.28. The van der Waals surface area contributed by atoms with Crippen LogP contribution in [0.25, 0.3) is 0 Å². The molecule has 0 aliphatic carbocycles. The van der Waals surface area contributed by atoms with Crippen LogP contribution in [0.2, 0.25) is 0 Å². The molecule has 1 unspecified atom stereocenters. The number of carboxylic acids is 1. The van der Waals surface area contributed by atoms with Crippen LogP contribution in [0.1, 0.15) is 34.6 Å². The van der Waals surface area contributed by atoms with Gasteiger partial charge in [0, 0.05) is 11.9 Å². The lowest BCUT2D eigenvalue weighted by Gasteiger charge is -2.08. The van der Waals surface area contributed by atoms with E-state index in [0.29, 0.717) is 0 Å². The van der Waals surface area contributed by atoms with Crippen molar-refractivity contribution in [3.63, 3.8) is 0 Å². The van der Waals surface area contributed by atoms with Crippen molar-refractivity contribution >= 4 is 17.6 Å². The summed E-state index contributed by atoms with van der Waals surface area (Å²) in [5, 5.41) is 15.7. The van der Waals surface area contributed by atoms with E-state index in [9.17, 15) is 9.59 Å². The van der Waals surface area contributed by atoms with Gasteiger partial charge in [0.05, 0.1) is 0 Å². The first-order valence-corrected chi connectivity index (χ1v) is 6.55. The molecule has 0 aliphatic heterocycles. The molecular formula is C15H17N3O3. The van der Waals surface area contributed by atoms with Crippen molar-refractivity contribution in [3.8, 4) is 0 Å². The summed E-state index contributed by atoms with van der Waals surface area (Å²) < 4.78 is 1.25. The fourth-order valence-corrected chi connectivity index (χ4v) is 1.84. The highest BCUT2D eigenvalue weighted by Crippen LogP contribution is 2.17. The quantitative estimate of drug-likeness (QED) is 0.904. The molecule has 0 radical (unpaired) electrons. The molecule has 1 heterocycles. The number of hydrogen-bond acceptors (Lipinski definition) is 3. The van der Waals surface area contributed by atoms with E-state index in [1.54, 1.807) is 0 Å². The molecule has 1 amide bonds. The van der Waals surface area contributed by atoms with E-state index >= 15 is 0 Å². The summed E-state index contributed by atoms with van der Waals surface area (Å²) in [5.74, 6) is -1.36. The van der Waals surface area contributed by atoms with Crippen LogP contribution in [0.3, 0.4) is 0 Å². The summed E-state index contributed by atoms with van der Waals surface area (Å²) >= 11 is 0. The second kappa shape index (κ2) is 5.78. The van der Waals surface area contributed by atoms with E-state index in [1.165, 1.54) is 23.9 Å². The molecule has 6 nitrogen and oxygen atoms in total. The minimum Gasteiger partial charge on any atom is -0.480 e. The van der Waals surface area contributed by atoms with Gasteiger partial charge in [-0.05, 0) is 44.0 Å². The van der Waals surface area contributed by atoms with Gasteiger partial charge in [0.2, 0.25) is 0 Å². The maximum atomic E-state index is 12.1. The number of aromatic nitrogens is 2. The molecule has 0 aliphatic rings. The number of aryl methyl sites for hydroxylation is 2. The standard InChI is InChI=1S/C15H17N3O3/c1-9-4-5-10(2)13(8-9)16-14(19)12-6-7-18(17-12)11(3)15(20)21/h4-8,11H,1-3H3,(H,16,19)(H,20,21). The maximum absolute atomic E-state index is 12.1. The van der Waals surface area contributed by atoms with Gasteiger partial charge < -0.3 is 10.4 Å². The average Bonchev–Trinajstić information content (AvgIpc) is 2.91. The van der Waals surface area contributed by atoms with Gasteiger partial charge in [-0.1, -0.05) is 12.1 Å². The van der Waals surface area contributed by atoms with Crippen LogP contribution in [-0.4, -0.2) is 26.8 Å². The molecule has 110 valence electrons. The number of rotatable bonds is 4. The zero-order chi connectivity index (χ0) is 15.6. The summed E-state index contributed by atoms with van der Waals surface area (Å²) in [4.78, 5) is 23.0. The Morgan fingerprint density at radius 2 is 2.00 bits per heavy atom. The highest BCUT2D eigenvalue weighted by atomic mass is 16.4. The molecule has 2 rings (SSSR count). The fraction of sp³-hybridized carbons (Fsp3) is 0.267. The molecule has 2 N–H and O–H groups in total. The number of carboxylic acid groups (broad SMARTS) is 1. The van der Waals surface area contributed by atoms with Gasteiger partial charge in [0.25, 0.3) is 5.91 Å². The van der Waals surface area contributed by atoms with E-state index in [-0.39, 0.29) is 11.6 Å². The van der Waals surface area contributed by atoms with Crippen LogP contribution < -0.4 is 5.32 Å². The molecule has 1 aromatic carbocycles. The number of nitrogens with zero attached hydrogens (tertiary/aromatic N) is 2. The zero-order valence-electron chi connectivity index (χ0n) is 12.1. The van der Waals surface area contributed by atoms with Crippen molar-refractivity contribution in [1.29, 1.82) is 0 Å². The molecule has 0 spiro atoms.